The summed E-state index contributed by atoms with van der Waals surface area (Å²) in [5, 5.41) is 10.9. The molecule has 29 heavy (non-hydrogen) atoms. The van der Waals surface area contributed by atoms with Gasteiger partial charge in [-0.3, -0.25) is 4.79 Å². The Labute approximate surface area is 182 Å². The van der Waals surface area contributed by atoms with E-state index in [9.17, 15) is 9.90 Å². The van der Waals surface area contributed by atoms with Gasteiger partial charge in [0.25, 0.3) is 0 Å². The van der Waals surface area contributed by atoms with E-state index in [0.29, 0.717) is 11.8 Å². The number of halogens is 1. The molecular weight excluding hydrogens is 402 g/mol. The maximum absolute atomic E-state index is 12.3. The van der Waals surface area contributed by atoms with Crippen LogP contribution in [0.15, 0.2) is 58.3 Å². The molecule has 0 spiro atoms. The molecule has 1 saturated carbocycles. The number of aliphatic carboxylic acids is 1. The highest BCUT2D eigenvalue weighted by Crippen LogP contribution is 2.53. The zero-order chi connectivity index (χ0) is 20.5. The molecule has 0 radical (unpaired) electrons. The number of carboxylic acid groups (broad SMARTS) is 1. The highest BCUT2D eigenvalue weighted by atomic mass is 35.5. The van der Waals surface area contributed by atoms with Crippen molar-refractivity contribution in [3.8, 4) is 0 Å². The minimum atomic E-state index is -0.639. The van der Waals surface area contributed by atoms with Crippen molar-refractivity contribution in [2.45, 2.75) is 36.0 Å². The lowest BCUT2D eigenvalue weighted by Crippen LogP contribution is -2.39. The van der Waals surface area contributed by atoms with Gasteiger partial charge >= 0.3 is 5.97 Å². The third-order valence-corrected chi connectivity index (χ3v) is 7.57. The number of benzene rings is 2. The lowest BCUT2D eigenvalue weighted by Gasteiger charge is -2.33. The minimum Gasteiger partial charge on any atom is -0.481 e. The molecule has 0 unspecified atom stereocenters. The fourth-order valence-electron chi connectivity index (χ4n) is 5.33. The smallest absolute Gasteiger partial charge is 0.307 e. The number of carboxylic acids is 1. The summed E-state index contributed by atoms with van der Waals surface area (Å²) in [6.45, 7) is 7.44. The molecule has 1 aliphatic carbocycles. The van der Waals surface area contributed by atoms with E-state index in [1.54, 1.807) is 11.8 Å². The van der Waals surface area contributed by atoms with Crippen molar-refractivity contribution in [3.63, 3.8) is 0 Å². The van der Waals surface area contributed by atoms with E-state index in [-0.39, 0.29) is 17.8 Å². The summed E-state index contributed by atoms with van der Waals surface area (Å²) in [6.07, 6.45) is 1.02. The third kappa shape index (κ3) is 4.50. The van der Waals surface area contributed by atoms with Gasteiger partial charge in [-0.1, -0.05) is 55.4 Å². The average molecular weight is 430 g/mol. The van der Waals surface area contributed by atoms with E-state index in [4.69, 9.17) is 11.6 Å². The molecule has 2 aromatic rings. The number of hydrogen-bond donors (Lipinski definition) is 1. The van der Waals surface area contributed by atoms with Gasteiger partial charge in [0.15, 0.2) is 0 Å². The Morgan fingerprint density at radius 1 is 1.14 bits per heavy atom. The van der Waals surface area contributed by atoms with Gasteiger partial charge in [0.05, 0.1) is 5.92 Å². The van der Waals surface area contributed by atoms with Crippen molar-refractivity contribution < 1.29 is 9.90 Å². The second kappa shape index (κ2) is 8.71. The van der Waals surface area contributed by atoms with Crippen molar-refractivity contribution in [1.29, 1.82) is 0 Å². The molecule has 1 heterocycles. The van der Waals surface area contributed by atoms with Crippen LogP contribution in [0.5, 0.6) is 0 Å². The summed E-state index contributed by atoms with van der Waals surface area (Å²) < 4.78 is 0. The Kier molecular flexibility index (Phi) is 6.24. The predicted octanol–water partition coefficient (Wildman–Crippen LogP) is 5.88. The van der Waals surface area contributed by atoms with E-state index < -0.39 is 5.97 Å². The normalized spacial score (nSPS) is 26.8. The van der Waals surface area contributed by atoms with Crippen molar-refractivity contribution in [1.82, 2.24) is 4.90 Å². The van der Waals surface area contributed by atoms with E-state index in [1.807, 2.05) is 36.4 Å². The minimum absolute atomic E-state index is 0.0747. The maximum Gasteiger partial charge on any atom is 0.307 e. The quantitative estimate of drug-likeness (QED) is 0.622. The number of piperidine rings is 1. The largest absolute Gasteiger partial charge is 0.481 e. The first-order chi connectivity index (χ1) is 13.9. The summed E-state index contributed by atoms with van der Waals surface area (Å²) in [5.41, 5.74) is 1.19. The monoisotopic (exact) mass is 429 g/mol. The zero-order valence-electron chi connectivity index (χ0n) is 16.9. The van der Waals surface area contributed by atoms with Crippen LogP contribution in [0, 0.1) is 23.7 Å². The zero-order valence-corrected chi connectivity index (χ0v) is 18.5. The molecule has 3 nitrogen and oxygen atoms in total. The van der Waals surface area contributed by atoms with Gasteiger partial charge in [0.1, 0.15) is 0 Å². The van der Waals surface area contributed by atoms with E-state index >= 15 is 0 Å². The molecule has 5 heteroatoms. The summed E-state index contributed by atoms with van der Waals surface area (Å²) in [6, 6.07) is 16.2. The molecule has 4 rings (SSSR count). The first-order valence-electron chi connectivity index (χ1n) is 10.4. The van der Waals surface area contributed by atoms with Gasteiger partial charge in [-0.25, -0.2) is 0 Å². The van der Waals surface area contributed by atoms with Gasteiger partial charge in [0.2, 0.25) is 0 Å². The summed E-state index contributed by atoms with van der Waals surface area (Å²) in [4.78, 5) is 17.1. The highest BCUT2D eigenvalue weighted by molar-refractivity contribution is 7.99. The van der Waals surface area contributed by atoms with Crippen molar-refractivity contribution in [2.75, 3.05) is 19.6 Å². The molecule has 4 atom stereocenters. The van der Waals surface area contributed by atoms with Crippen molar-refractivity contribution in [3.05, 3.63) is 59.1 Å². The third-order valence-electron chi connectivity index (χ3n) is 6.22. The number of carbonyl (C=O) groups is 1. The second-order valence-electron chi connectivity index (χ2n) is 8.85. The van der Waals surface area contributed by atoms with Gasteiger partial charge in [-0.2, -0.15) is 0 Å². The van der Waals surface area contributed by atoms with Crippen LogP contribution in [0.1, 0.15) is 31.7 Å². The Bertz CT molecular complexity index is 869. The van der Waals surface area contributed by atoms with Gasteiger partial charge in [-0.15, -0.1) is 0 Å². The first kappa shape index (κ1) is 20.8. The van der Waals surface area contributed by atoms with Crippen LogP contribution in [0.2, 0.25) is 5.02 Å². The standard InChI is InChI=1S/C24H28ClNO2S/c1-15(2)12-26-13-16-11-17(14-26)23(24(27)28)22(16)20-5-3-4-6-21(20)29-19-9-7-18(25)8-10-19/h3-10,15-17,22-23H,11-14H2,1-2H3,(H,27,28)/t16-,17+,22+,23-/m1/s1. The van der Waals surface area contributed by atoms with Gasteiger partial charge < -0.3 is 10.0 Å². The maximum atomic E-state index is 12.3. The molecule has 2 fully saturated rings. The van der Waals surface area contributed by atoms with Crippen LogP contribution in [0.4, 0.5) is 0 Å². The van der Waals surface area contributed by atoms with Crippen molar-refractivity contribution in [2.24, 2.45) is 23.7 Å². The summed E-state index contributed by atoms with van der Waals surface area (Å²) in [5.74, 6) is 0.376. The van der Waals surface area contributed by atoms with E-state index in [0.717, 1.165) is 40.9 Å². The lowest BCUT2D eigenvalue weighted by molar-refractivity contribution is -0.143. The Morgan fingerprint density at radius 3 is 2.52 bits per heavy atom. The number of rotatable bonds is 6. The fraction of sp³-hybridized carbons (Fsp3) is 0.458. The van der Waals surface area contributed by atoms with Gasteiger partial charge in [-0.05, 0) is 60.1 Å². The Hall–Kier alpha value is -1.49. The molecule has 0 aromatic heterocycles. The molecule has 2 aromatic carbocycles. The fourth-order valence-corrected chi connectivity index (χ4v) is 6.45. The Morgan fingerprint density at radius 2 is 1.83 bits per heavy atom. The van der Waals surface area contributed by atoms with E-state index in [2.05, 4.69) is 30.9 Å². The SMILES string of the molecule is CC(C)CN1C[C@@H]2C[C@H](C1)[C@@H](c1ccccc1Sc1ccc(Cl)cc1)[C@@H]2C(=O)O. The second-order valence-corrected chi connectivity index (χ2v) is 10.4. The van der Waals surface area contributed by atoms with Crippen molar-refractivity contribution >= 4 is 29.3 Å². The molecular formula is C24H28ClNO2S. The molecule has 1 N–H and O–H groups in total. The van der Waals surface area contributed by atoms with Crippen LogP contribution in [0.25, 0.3) is 0 Å². The van der Waals surface area contributed by atoms with Gasteiger partial charge in [0, 0.05) is 40.4 Å². The summed E-state index contributed by atoms with van der Waals surface area (Å²) in [7, 11) is 0. The predicted molar refractivity (Wildman–Crippen MR) is 119 cm³/mol. The molecule has 2 bridgehead atoms. The lowest BCUT2D eigenvalue weighted by atomic mass is 9.82. The topological polar surface area (TPSA) is 40.5 Å². The molecule has 1 saturated heterocycles. The first-order valence-corrected chi connectivity index (χ1v) is 11.6. The number of hydrogen-bond acceptors (Lipinski definition) is 3. The van der Waals surface area contributed by atoms with Crippen LogP contribution in [-0.4, -0.2) is 35.6 Å². The Balaban J connectivity index is 1.66. The van der Waals surface area contributed by atoms with Crippen LogP contribution >= 0.6 is 23.4 Å². The van der Waals surface area contributed by atoms with E-state index in [1.165, 1.54) is 5.56 Å². The molecule has 0 amide bonds. The number of fused-ring (bicyclic) bond motifs is 2. The molecule has 154 valence electrons. The van der Waals surface area contributed by atoms with Crippen LogP contribution in [-0.2, 0) is 4.79 Å². The number of nitrogens with zero attached hydrogens (tertiary/aromatic N) is 1. The molecule has 2 aliphatic rings. The molecule has 1 aliphatic heterocycles. The van der Waals surface area contributed by atoms with Crippen LogP contribution in [0.3, 0.4) is 0 Å². The average Bonchev–Trinajstić information content (AvgIpc) is 2.94. The van der Waals surface area contributed by atoms with Crippen LogP contribution < -0.4 is 0 Å². The summed E-state index contributed by atoms with van der Waals surface area (Å²) >= 11 is 7.74. The highest BCUT2D eigenvalue weighted by Gasteiger charge is 2.51. The number of likely N-dealkylation sites (tertiary alicyclic amines) is 1.